The van der Waals surface area contributed by atoms with E-state index in [4.69, 9.17) is 14.2 Å². The van der Waals surface area contributed by atoms with Gasteiger partial charge in [0.25, 0.3) is 5.91 Å². The molecule has 1 unspecified atom stereocenters. The zero-order valence-electron chi connectivity index (χ0n) is 15.5. The summed E-state index contributed by atoms with van der Waals surface area (Å²) in [4.78, 5) is 26.2. The first-order valence-corrected chi connectivity index (χ1v) is 8.52. The van der Waals surface area contributed by atoms with Crippen molar-refractivity contribution < 1.29 is 23.8 Å². The third-order valence-electron chi connectivity index (χ3n) is 4.48. The maximum atomic E-state index is 12.7. The molecule has 1 N–H and O–H groups in total. The summed E-state index contributed by atoms with van der Waals surface area (Å²) < 4.78 is 15.6. The van der Waals surface area contributed by atoms with Crippen molar-refractivity contribution in [3.05, 3.63) is 48.0 Å². The van der Waals surface area contributed by atoms with Gasteiger partial charge in [0.2, 0.25) is 5.91 Å². The largest absolute Gasteiger partial charge is 0.497 e. The first-order valence-electron chi connectivity index (χ1n) is 8.52. The Kier molecular flexibility index (Phi) is 5.61. The number of nitrogens with zero attached hydrogens (tertiary/aromatic N) is 1. The Bertz CT molecular complexity index is 835. The molecule has 0 saturated carbocycles. The van der Waals surface area contributed by atoms with E-state index >= 15 is 0 Å². The topological polar surface area (TPSA) is 77.1 Å². The molecule has 0 bridgehead atoms. The van der Waals surface area contributed by atoms with Gasteiger partial charge in [-0.15, -0.1) is 0 Å². The van der Waals surface area contributed by atoms with Gasteiger partial charge in [-0.3, -0.25) is 9.59 Å². The molecule has 3 rings (SSSR count). The zero-order valence-corrected chi connectivity index (χ0v) is 15.5. The van der Waals surface area contributed by atoms with Crippen LogP contribution >= 0.6 is 0 Å². The van der Waals surface area contributed by atoms with Gasteiger partial charge in [-0.1, -0.05) is 6.07 Å². The van der Waals surface area contributed by atoms with Crippen molar-refractivity contribution in [2.45, 2.75) is 19.0 Å². The number of anilines is 1. The molecule has 1 saturated heterocycles. The second-order valence-electron chi connectivity index (χ2n) is 6.09. The monoisotopic (exact) mass is 370 g/mol. The van der Waals surface area contributed by atoms with Crippen molar-refractivity contribution >= 4 is 17.5 Å². The average Bonchev–Trinajstić information content (AvgIpc) is 2.99. The van der Waals surface area contributed by atoms with Gasteiger partial charge < -0.3 is 19.5 Å². The van der Waals surface area contributed by atoms with Crippen LogP contribution in [0.25, 0.3) is 0 Å². The fraction of sp³-hybridized carbons (Fsp3) is 0.300. The minimum absolute atomic E-state index is 0.123. The highest BCUT2D eigenvalue weighted by Crippen LogP contribution is 2.28. The summed E-state index contributed by atoms with van der Waals surface area (Å²) >= 11 is 0. The van der Waals surface area contributed by atoms with E-state index in [9.17, 15) is 9.59 Å². The quantitative estimate of drug-likeness (QED) is 0.753. The second-order valence-corrected chi connectivity index (χ2v) is 6.09. The molecule has 1 heterocycles. The number of rotatable bonds is 7. The van der Waals surface area contributed by atoms with Crippen LogP contribution in [0.4, 0.5) is 5.69 Å². The number of carbonyl (C=O) groups is 2. The highest BCUT2D eigenvalue weighted by molar-refractivity contribution is 6.22. The van der Waals surface area contributed by atoms with Gasteiger partial charge in [-0.25, -0.2) is 4.90 Å². The molecule has 1 aliphatic rings. The summed E-state index contributed by atoms with van der Waals surface area (Å²) in [6.45, 7) is 0.431. The minimum Gasteiger partial charge on any atom is -0.497 e. The Morgan fingerprint density at radius 1 is 0.963 bits per heavy atom. The number of methoxy groups -OCH3 is 3. The zero-order chi connectivity index (χ0) is 19.4. The van der Waals surface area contributed by atoms with E-state index < -0.39 is 6.04 Å². The van der Waals surface area contributed by atoms with E-state index in [0.717, 1.165) is 5.56 Å². The van der Waals surface area contributed by atoms with E-state index in [1.54, 1.807) is 51.7 Å². The van der Waals surface area contributed by atoms with Crippen LogP contribution in [0.5, 0.6) is 17.2 Å². The number of hydrogen-bond acceptors (Lipinski definition) is 6. The Morgan fingerprint density at radius 2 is 1.67 bits per heavy atom. The van der Waals surface area contributed by atoms with Crippen molar-refractivity contribution in [1.29, 1.82) is 0 Å². The van der Waals surface area contributed by atoms with E-state index in [2.05, 4.69) is 5.32 Å². The van der Waals surface area contributed by atoms with Crippen molar-refractivity contribution in [2.75, 3.05) is 26.2 Å². The SMILES string of the molecule is COc1ccc(N2C(=O)CC(NCc3ccc(OC)c(OC)c3)C2=O)cc1. The van der Waals surface area contributed by atoms with E-state index in [0.29, 0.717) is 29.5 Å². The van der Waals surface area contributed by atoms with Gasteiger partial charge in [0.15, 0.2) is 11.5 Å². The van der Waals surface area contributed by atoms with Crippen molar-refractivity contribution in [1.82, 2.24) is 5.32 Å². The smallest absolute Gasteiger partial charge is 0.251 e. The Morgan fingerprint density at radius 3 is 2.30 bits per heavy atom. The van der Waals surface area contributed by atoms with Gasteiger partial charge in [0.05, 0.1) is 39.5 Å². The number of imide groups is 1. The molecule has 2 aromatic carbocycles. The molecule has 142 valence electrons. The molecule has 7 heteroatoms. The van der Waals surface area contributed by atoms with Gasteiger partial charge in [0.1, 0.15) is 5.75 Å². The molecular weight excluding hydrogens is 348 g/mol. The molecule has 2 aromatic rings. The van der Waals surface area contributed by atoms with E-state index in [1.807, 2.05) is 12.1 Å². The molecule has 0 spiro atoms. The average molecular weight is 370 g/mol. The number of nitrogens with one attached hydrogen (secondary N) is 1. The maximum absolute atomic E-state index is 12.7. The number of amides is 2. The predicted octanol–water partition coefficient (Wildman–Crippen LogP) is 2.13. The van der Waals surface area contributed by atoms with Crippen LogP contribution in [0, 0.1) is 0 Å². The molecule has 2 amide bonds. The van der Waals surface area contributed by atoms with Crippen LogP contribution in [0.1, 0.15) is 12.0 Å². The Hall–Kier alpha value is -3.06. The molecular formula is C20H22N2O5. The van der Waals surface area contributed by atoms with Crippen molar-refractivity contribution in [2.24, 2.45) is 0 Å². The molecule has 1 atom stereocenters. The summed E-state index contributed by atoms with van der Waals surface area (Å²) in [5, 5.41) is 3.16. The third kappa shape index (κ3) is 3.88. The molecule has 1 aliphatic heterocycles. The lowest BCUT2D eigenvalue weighted by Gasteiger charge is -2.16. The normalized spacial score (nSPS) is 16.6. The predicted molar refractivity (Wildman–Crippen MR) is 100 cm³/mol. The van der Waals surface area contributed by atoms with Gasteiger partial charge >= 0.3 is 0 Å². The highest BCUT2D eigenvalue weighted by Gasteiger charge is 2.39. The maximum Gasteiger partial charge on any atom is 0.251 e. The molecule has 0 aliphatic carbocycles. The van der Waals surface area contributed by atoms with Gasteiger partial charge in [-0.2, -0.15) is 0 Å². The van der Waals surface area contributed by atoms with Crippen LogP contribution < -0.4 is 24.4 Å². The summed E-state index contributed by atoms with van der Waals surface area (Å²) in [7, 11) is 4.71. The Labute approximate surface area is 157 Å². The number of ether oxygens (including phenoxy) is 3. The Balaban J connectivity index is 1.68. The van der Waals surface area contributed by atoms with Crippen molar-refractivity contribution in [3.63, 3.8) is 0 Å². The molecule has 27 heavy (non-hydrogen) atoms. The van der Waals surface area contributed by atoms with Crippen LogP contribution in [-0.2, 0) is 16.1 Å². The highest BCUT2D eigenvalue weighted by atomic mass is 16.5. The molecule has 1 fully saturated rings. The first-order chi connectivity index (χ1) is 13.1. The fourth-order valence-electron chi connectivity index (χ4n) is 3.03. The number of hydrogen-bond donors (Lipinski definition) is 1. The standard InChI is InChI=1S/C20H22N2O5/c1-25-15-7-5-14(6-8-15)22-19(23)11-16(20(22)24)21-12-13-4-9-17(26-2)18(10-13)27-3/h4-10,16,21H,11-12H2,1-3H3. The van der Waals surface area contributed by atoms with Crippen LogP contribution in [0.3, 0.4) is 0 Å². The number of benzene rings is 2. The number of carbonyl (C=O) groups excluding carboxylic acids is 2. The van der Waals surface area contributed by atoms with Crippen LogP contribution in [0.2, 0.25) is 0 Å². The summed E-state index contributed by atoms with van der Waals surface area (Å²) in [6.07, 6.45) is 0.123. The first kappa shape index (κ1) is 18.7. The molecule has 0 aromatic heterocycles. The second kappa shape index (κ2) is 8.09. The molecule has 0 radical (unpaired) electrons. The minimum atomic E-state index is -0.562. The van der Waals surface area contributed by atoms with E-state index in [1.165, 1.54) is 4.90 Å². The third-order valence-corrected chi connectivity index (χ3v) is 4.48. The lowest BCUT2D eigenvalue weighted by molar-refractivity contribution is -0.121. The van der Waals surface area contributed by atoms with Crippen LogP contribution in [-0.4, -0.2) is 39.2 Å². The summed E-state index contributed by atoms with van der Waals surface area (Å²) in [5.74, 6) is 1.44. The fourth-order valence-corrected chi connectivity index (χ4v) is 3.03. The summed E-state index contributed by atoms with van der Waals surface area (Å²) in [6, 6.07) is 11.8. The lowest BCUT2D eigenvalue weighted by atomic mass is 10.1. The van der Waals surface area contributed by atoms with Crippen molar-refractivity contribution in [3.8, 4) is 17.2 Å². The molecule has 7 nitrogen and oxygen atoms in total. The lowest BCUT2D eigenvalue weighted by Crippen LogP contribution is -2.38. The van der Waals surface area contributed by atoms with Crippen LogP contribution in [0.15, 0.2) is 42.5 Å². The van der Waals surface area contributed by atoms with Gasteiger partial charge in [-0.05, 0) is 42.0 Å². The van der Waals surface area contributed by atoms with Gasteiger partial charge in [0, 0.05) is 6.54 Å². The summed E-state index contributed by atoms with van der Waals surface area (Å²) in [5.41, 5.74) is 1.47. The van der Waals surface area contributed by atoms with E-state index in [-0.39, 0.29) is 18.2 Å².